The number of rotatable bonds is 5. The molecule has 0 aliphatic rings. The number of benzene rings is 2. The Kier molecular flexibility index (Phi) is 5.23. The zero-order valence-corrected chi connectivity index (χ0v) is 14.5. The summed E-state index contributed by atoms with van der Waals surface area (Å²) in [5, 5.41) is 2.50. The molecule has 5 nitrogen and oxygen atoms in total. The SMILES string of the molecule is Cc1ccc(C)c(N(CC(=O)Nc2cccc(F)c2)S(C)(=O)=O)c1. The Balaban J connectivity index is 2.27. The van der Waals surface area contributed by atoms with Gasteiger partial charge in [0.25, 0.3) is 0 Å². The zero-order chi connectivity index (χ0) is 17.9. The Morgan fingerprint density at radius 1 is 1.17 bits per heavy atom. The maximum Gasteiger partial charge on any atom is 0.245 e. The lowest BCUT2D eigenvalue weighted by Gasteiger charge is -2.24. The van der Waals surface area contributed by atoms with Gasteiger partial charge in [-0.3, -0.25) is 9.10 Å². The molecule has 1 amide bonds. The molecule has 2 aromatic carbocycles. The number of anilines is 2. The van der Waals surface area contributed by atoms with Crippen LogP contribution in [0.4, 0.5) is 15.8 Å². The first-order valence-corrected chi connectivity index (χ1v) is 9.12. The number of amides is 1. The molecule has 2 rings (SSSR count). The number of hydrogen-bond donors (Lipinski definition) is 1. The van der Waals surface area contributed by atoms with E-state index in [0.29, 0.717) is 5.69 Å². The predicted molar refractivity (Wildman–Crippen MR) is 93.1 cm³/mol. The number of hydrogen-bond acceptors (Lipinski definition) is 3. The molecule has 0 radical (unpaired) electrons. The summed E-state index contributed by atoms with van der Waals surface area (Å²) in [6.45, 7) is 3.23. The van der Waals surface area contributed by atoms with Gasteiger partial charge in [0.1, 0.15) is 12.4 Å². The van der Waals surface area contributed by atoms with E-state index in [0.717, 1.165) is 21.7 Å². The number of carbonyl (C=O) groups excluding carboxylic acids is 1. The lowest BCUT2D eigenvalue weighted by Crippen LogP contribution is -2.37. The molecular weight excluding hydrogens is 331 g/mol. The van der Waals surface area contributed by atoms with Crippen molar-refractivity contribution in [2.75, 3.05) is 22.4 Å². The van der Waals surface area contributed by atoms with Crippen LogP contribution < -0.4 is 9.62 Å². The molecule has 0 aliphatic heterocycles. The van der Waals surface area contributed by atoms with E-state index in [2.05, 4.69) is 5.32 Å². The summed E-state index contributed by atoms with van der Waals surface area (Å²) in [5.41, 5.74) is 2.35. The van der Waals surface area contributed by atoms with Crippen LogP contribution in [0.3, 0.4) is 0 Å². The Hall–Kier alpha value is -2.41. The maximum absolute atomic E-state index is 13.2. The molecule has 0 fully saturated rings. The van der Waals surface area contributed by atoms with E-state index in [1.54, 1.807) is 19.1 Å². The molecule has 24 heavy (non-hydrogen) atoms. The summed E-state index contributed by atoms with van der Waals surface area (Å²) in [6, 6.07) is 10.8. The van der Waals surface area contributed by atoms with Crippen molar-refractivity contribution in [3.8, 4) is 0 Å². The third-order valence-electron chi connectivity index (χ3n) is 3.43. The van der Waals surface area contributed by atoms with Gasteiger partial charge < -0.3 is 5.32 Å². The van der Waals surface area contributed by atoms with Crippen LogP contribution >= 0.6 is 0 Å². The topological polar surface area (TPSA) is 66.5 Å². The van der Waals surface area contributed by atoms with E-state index in [-0.39, 0.29) is 12.2 Å². The third-order valence-corrected chi connectivity index (χ3v) is 4.56. The van der Waals surface area contributed by atoms with Crippen LogP contribution in [0, 0.1) is 19.7 Å². The summed E-state index contributed by atoms with van der Waals surface area (Å²) < 4.78 is 38.5. The van der Waals surface area contributed by atoms with Crippen molar-refractivity contribution in [3.05, 3.63) is 59.4 Å². The van der Waals surface area contributed by atoms with Crippen LogP contribution in [0.5, 0.6) is 0 Å². The van der Waals surface area contributed by atoms with Gasteiger partial charge in [0.05, 0.1) is 11.9 Å². The number of aryl methyl sites for hydroxylation is 2. The van der Waals surface area contributed by atoms with Gasteiger partial charge in [-0.15, -0.1) is 0 Å². The van der Waals surface area contributed by atoms with Crippen molar-refractivity contribution in [2.45, 2.75) is 13.8 Å². The van der Waals surface area contributed by atoms with Crippen LogP contribution in [-0.4, -0.2) is 27.1 Å². The van der Waals surface area contributed by atoms with Crippen molar-refractivity contribution in [1.82, 2.24) is 0 Å². The summed E-state index contributed by atoms with van der Waals surface area (Å²) in [6.07, 6.45) is 1.05. The molecule has 0 heterocycles. The molecule has 7 heteroatoms. The number of nitrogens with one attached hydrogen (secondary N) is 1. The Morgan fingerprint density at radius 2 is 1.88 bits per heavy atom. The van der Waals surface area contributed by atoms with Gasteiger partial charge in [-0.2, -0.15) is 0 Å². The highest BCUT2D eigenvalue weighted by atomic mass is 32.2. The van der Waals surface area contributed by atoms with E-state index in [1.165, 1.54) is 24.3 Å². The molecule has 0 saturated heterocycles. The molecule has 0 bridgehead atoms. The van der Waals surface area contributed by atoms with Gasteiger partial charge in [-0.1, -0.05) is 18.2 Å². The first-order chi connectivity index (χ1) is 11.2. The number of nitrogens with zero attached hydrogens (tertiary/aromatic N) is 1. The highest BCUT2D eigenvalue weighted by Crippen LogP contribution is 2.24. The highest BCUT2D eigenvalue weighted by molar-refractivity contribution is 7.92. The quantitative estimate of drug-likeness (QED) is 0.902. The van der Waals surface area contributed by atoms with E-state index in [4.69, 9.17) is 0 Å². The van der Waals surface area contributed by atoms with Crippen LogP contribution in [0.2, 0.25) is 0 Å². The second-order valence-electron chi connectivity index (χ2n) is 5.62. The fraction of sp³-hybridized carbons (Fsp3) is 0.235. The molecule has 0 aromatic heterocycles. The second-order valence-corrected chi connectivity index (χ2v) is 7.52. The standard InChI is InChI=1S/C17H19FN2O3S/c1-12-7-8-13(2)16(9-12)20(24(3,22)23)11-17(21)19-15-6-4-5-14(18)10-15/h4-10H,11H2,1-3H3,(H,19,21). The minimum Gasteiger partial charge on any atom is -0.324 e. The lowest BCUT2D eigenvalue weighted by atomic mass is 10.1. The van der Waals surface area contributed by atoms with Crippen molar-refractivity contribution in [2.24, 2.45) is 0 Å². The molecular formula is C17H19FN2O3S. The normalized spacial score (nSPS) is 11.2. The average molecular weight is 350 g/mol. The van der Waals surface area contributed by atoms with E-state index >= 15 is 0 Å². The Labute approximate surface area is 141 Å². The summed E-state index contributed by atoms with van der Waals surface area (Å²) in [7, 11) is -3.65. The third kappa shape index (κ3) is 4.55. The molecule has 128 valence electrons. The second kappa shape index (κ2) is 7.00. The summed E-state index contributed by atoms with van der Waals surface area (Å²) in [4.78, 5) is 12.2. The smallest absolute Gasteiger partial charge is 0.245 e. The monoisotopic (exact) mass is 350 g/mol. The molecule has 2 aromatic rings. The van der Waals surface area contributed by atoms with E-state index < -0.39 is 21.7 Å². The number of halogens is 1. The van der Waals surface area contributed by atoms with Crippen LogP contribution in [-0.2, 0) is 14.8 Å². The minimum atomic E-state index is -3.65. The van der Waals surface area contributed by atoms with Gasteiger partial charge in [0.15, 0.2) is 0 Å². The molecule has 0 saturated carbocycles. The maximum atomic E-state index is 13.2. The molecule has 0 unspecified atom stereocenters. The summed E-state index contributed by atoms with van der Waals surface area (Å²) >= 11 is 0. The van der Waals surface area contributed by atoms with E-state index in [1.807, 2.05) is 13.0 Å². The first kappa shape index (κ1) is 17.9. The van der Waals surface area contributed by atoms with Crippen molar-refractivity contribution in [3.63, 3.8) is 0 Å². The van der Waals surface area contributed by atoms with Crippen LogP contribution in [0.15, 0.2) is 42.5 Å². The molecule has 0 aliphatic carbocycles. The Bertz CT molecular complexity index is 866. The number of sulfonamides is 1. The molecule has 0 atom stereocenters. The van der Waals surface area contributed by atoms with Crippen molar-refractivity contribution >= 4 is 27.3 Å². The zero-order valence-electron chi connectivity index (χ0n) is 13.7. The van der Waals surface area contributed by atoms with Gasteiger partial charge in [-0.25, -0.2) is 12.8 Å². The van der Waals surface area contributed by atoms with Crippen molar-refractivity contribution in [1.29, 1.82) is 0 Å². The van der Waals surface area contributed by atoms with Gasteiger partial charge in [0, 0.05) is 5.69 Å². The van der Waals surface area contributed by atoms with Crippen molar-refractivity contribution < 1.29 is 17.6 Å². The van der Waals surface area contributed by atoms with E-state index in [9.17, 15) is 17.6 Å². The molecule has 1 N–H and O–H groups in total. The minimum absolute atomic E-state index is 0.273. The fourth-order valence-electron chi connectivity index (χ4n) is 2.27. The predicted octanol–water partition coefficient (Wildman–Crippen LogP) is 2.85. The first-order valence-electron chi connectivity index (χ1n) is 7.27. The lowest BCUT2D eigenvalue weighted by molar-refractivity contribution is -0.114. The van der Waals surface area contributed by atoms with Gasteiger partial charge >= 0.3 is 0 Å². The van der Waals surface area contributed by atoms with Crippen LogP contribution in [0.1, 0.15) is 11.1 Å². The summed E-state index contributed by atoms with van der Waals surface area (Å²) in [5.74, 6) is -1.03. The largest absolute Gasteiger partial charge is 0.324 e. The van der Waals surface area contributed by atoms with Crippen LogP contribution in [0.25, 0.3) is 0 Å². The van der Waals surface area contributed by atoms with Gasteiger partial charge in [-0.05, 0) is 49.2 Å². The highest BCUT2D eigenvalue weighted by Gasteiger charge is 2.22. The Morgan fingerprint density at radius 3 is 2.50 bits per heavy atom. The van der Waals surface area contributed by atoms with Gasteiger partial charge in [0.2, 0.25) is 15.9 Å². The average Bonchev–Trinajstić information content (AvgIpc) is 2.46. The number of carbonyl (C=O) groups is 1. The fourth-order valence-corrected chi connectivity index (χ4v) is 3.17. The molecule has 0 spiro atoms.